The maximum atomic E-state index is 5.46. The predicted molar refractivity (Wildman–Crippen MR) is 100 cm³/mol. The first kappa shape index (κ1) is 17.4. The number of thiocarbonyl (C=S) groups is 1. The highest BCUT2D eigenvalue weighted by atomic mass is 79.9. The summed E-state index contributed by atoms with van der Waals surface area (Å²) in [5.41, 5.74) is 3.19. The third kappa shape index (κ3) is 5.04. The normalized spacial score (nSPS) is 10.5. The van der Waals surface area contributed by atoms with E-state index in [0.29, 0.717) is 11.5 Å². The van der Waals surface area contributed by atoms with E-state index in [9.17, 15) is 0 Å². The summed E-state index contributed by atoms with van der Waals surface area (Å²) >= 11 is 10.6. The van der Waals surface area contributed by atoms with Crippen LogP contribution in [0.1, 0.15) is 30.2 Å². The standard InChI is InChI=1S/C16H18BrN3S2/c1-3-8-22-16-19-10-13(17)14(20-16)15(21)18-9-12-6-4-11(2)5-7-12/h4-7,10H,3,8-9H2,1-2H3,(H,18,21). The maximum Gasteiger partial charge on any atom is 0.188 e. The number of thioether (sulfide) groups is 1. The van der Waals surface area contributed by atoms with E-state index >= 15 is 0 Å². The summed E-state index contributed by atoms with van der Waals surface area (Å²) in [5.74, 6) is 1.00. The van der Waals surface area contributed by atoms with Crippen LogP contribution in [0.25, 0.3) is 0 Å². The van der Waals surface area contributed by atoms with Gasteiger partial charge in [-0.25, -0.2) is 9.97 Å². The van der Waals surface area contributed by atoms with E-state index in [2.05, 4.69) is 69.3 Å². The molecule has 0 aliphatic rings. The van der Waals surface area contributed by atoms with Crippen LogP contribution in [0.5, 0.6) is 0 Å². The smallest absolute Gasteiger partial charge is 0.188 e. The Bertz CT molecular complexity index is 644. The van der Waals surface area contributed by atoms with Crippen LogP contribution < -0.4 is 5.32 Å². The van der Waals surface area contributed by atoms with Crippen molar-refractivity contribution < 1.29 is 0 Å². The van der Waals surface area contributed by atoms with Crippen molar-refractivity contribution in [1.29, 1.82) is 0 Å². The molecule has 116 valence electrons. The second-order valence-corrected chi connectivity index (χ2v) is 7.19. The van der Waals surface area contributed by atoms with Crippen LogP contribution in [-0.2, 0) is 6.54 Å². The van der Waals surface area contributed by atoms with Gasteiger partial charge < -0.3 is 5.32 Å². The molecule has 0 aliphatic carbocycles. The third-order valence-electron chi connectivity index (χ3n) is 2.95. The molecule has 0 saturated heterocycles. The number of aryl methyl sites for hydroxylation is 1. The molecule has 6 heteroatoms. The minimum Gasteiger partial charge on any atom is -0.370 e. The molecule has 1 heterocycles. The van der Waals surface area contributed by atoms with Crippen molar-refractivity contribution in [3.8, 4) is 0 Å². The van der Waals surface area contributed by atoms with E-state index < -0.39 is 0 Å². The van der Waals surface area contributed by atoms with Gasteiger partial charge in [0.2, 0.25) is 0 Å². The van der Waals surface area contributed by atoms with Gasteiger partial charge in [-0.15, -0.1) is 0 Å². The number of benzene rings is 1. The molecule has 0 amide bonds. The Hall–Kier alpha value is -0.980. The third-order valence-corrected chi connectivity index (χ3v) is 4.93. The molecule has 1 aromatic heterocycles. The quantitative estimate of drug-likeness (QED) is 0.442. The minimum absolute atomic E-state index is 0.633. The summed E-state index contributed by atoms with van der Waals surface area (Å²) in [5, 5.41) is 4.02. The Morgan fingerprint density at radius 2 is 2.05 bits per heavy atom. The van der Waals surface area contributed by atoms with Gasteiger partial charge in [0, 0.05) is 18.5 Å². The molecule has 0 spiro atoms. The number of rotatable bonds is 6. The van der Waals surface area contributed by atoms with Gasteiger partial charge in [-0.1, -0.05) is 60.7 Å². The highest BCUT2D eigenvalue weighted by molar-refractivity contribution is 9.10. The lowest BCUT2D eigenvalue weighted by molar-refractivity contribution is 0.898. The highest BCUT2D eigenvalue weighted by Gasteiger charge is 2.10. The summed E-state index contributed by atoms with van der Waals surface area (Å²) in [6.07, 6.45) is 2.86. The largest absolute Gasteiger partial charge is 0.370 e. The predicted octanol–water partition coefficient (Wildman–Crippen LogP) is 4.51. The van der Waals surface area contributed by atoms with E-state index in [1.165, 1.54) is 11.1 Å². The lowest BCUT2D eigenvalue weighted by Crippen LogP contribution is -2.23. The van der Waals surface area contributed by atoms with Crippen LogP contribution in [0.3, 0.4) is 0 Å². The van der Waals surface area contributed by atoms with Gasteiger partial charge in [-0.3, -0.25) is 0 Å². The first-order chi connectivity index (χ1) is 10.6. The number of hydrogen-bond acceptors (Lipinski definition) is 4. The minimum atomic E-state index is 0.633. The van der Waals surface area contributed by atoms with Crippen molar-refractivity contribution in [2.75, 3.05) is 5.75 Å². The zero-order chi connectivity index (χ0) is 15.9. The lowest BCUT2D eigenvalue weighted by Gasteiger charge is -2.10. The molecular weight excluding hydrogens is 378 g/mol. The molecule has 2 rings (SSSR count). The fourth-order valence-electron chi connectivity index (χ4n) is 1.75. The molecule has 2 aromatic rings. The van der Waals surface area contributed by atoms with Crippen LogP contribution in [0, 0.1) is 6.92 Å². The van der Waals surface area contributed by atoms with Gasteiger partial charge in [-0.05, 0) is 34.8 Å². The molecule has 3 nitrogen and oxygen atoms in total. The van der Waals surface area contributed by atoms with Gasteiger partial charge in [0.15, 0.2) is 5.16 Å². The fraction of sp³-hybridized carbons (Fsp3) is 0.312. The average Bonchev–Trinajstić information content (AvgIpc) is 2.53. The average molecular weight is 396 g/mol. The van der Waals surface area contributed by atoms with Gasteiger partial charge >= 0.3 is 0 Å². The summed E-state index contributed by atoms with van der Waals surface area (Å²) in [7, 11) is 0. The van der Waals surface area contributed by atoms with E-state index in [-0.39, 0.29) is 0 Å². The van der Waals surface area contributed by atoms with Gasteiger partial charge in [0.05, 0.1) is 4.47 Å². The Morgan fingerprint density at radius 3 is 2.73 bits per heavy atom. The summed E-state index contributed by atoms with van der Waals surface area (Å²) in [4.78, 5) is 9.47. The van der Waals surface area contributed by atoms with E-state index in [0.717, 1.165) is 27.5 Å². The summed E-state index contributed by atoms with van der Waals surface area (Å²) in [6.45, 7) is 4.91. The fourth-order valence-corrected chi connectivity index (χ4v) is 3.16. The van der Waals surface area contributed by atoms with Crippen molar-refractivity contribution in [2.24, 2.45) is 0 Å². The number of nitrogens with zero attached hydrogens (tertiary/aromatic N) is 2. The molecular formula is C16H18BrN3S2. The van der Waals surface area contributed by atoms with Crippen molar-refractivity contribution in [1.82, 2.24) is 15.3 Å². The highest BCUT2D eigenvalue weighted by Crippen LogP contribution is 2.19. The van der Waals surface area contributed by atoms with Crippen LogP contribution >= 0.6 is 39.9 Å². The van der Waals surface area contributed by atoms with Gasteiger partial charge in [0.25, 0.3) is 0 Å². The van der Waals surface area contributed by atoms with Crippen molar-refractivity contribution in [3.05, 3.63) is 51.8 Å². The summed E-state index contributed by atoms with van der Waals surface area (Å²) in [6, 6.07) is 8.39. The second-order valence-electron chi connectivity index (χ2n) is 4.87. The molecule has 1 aromatic carbocycles. The van der Waals surface area contributed by atoms with Crippen molar-refractivity contribution >= 4 is 44.9 Å². The molecule has 0 saturated carbocycles. The first-order valence-electron chi connectivity index (χ1n) is 7.09. The lowest BCUT2D eigenvalue weighted by atomic mass is 10.1. The molecule has 0 unspecified atom stereocenters. The topological polar surface area (TPSA) is 37.8 Å². The van der Waals surface area contributed by atoms with Crippen LogP contribution in [0.4, 0.5) is 0 Å². The number of hydrogen-bond donors (Lipinski definition) is 1. The molecule has 0 atom stereocenters. The van der Waals surface area contributed by atoms with E-state index in [1.54, 1.807) is 18.0 Å². The van der Waals surface area contributed by atoms with Gasteiger partial charge in [-0.2, -0.15) is 0 Å². The molecule has 0 radical (unpaired) electrons. The monoisotopic (exact) mass is 395 g/mol. The SMILES string of the molecule is CCCSc1ncc(Br)c(C(=S)NCc2ccc(C)cc2)n1. The number of nitrogens with one attached hydrogen (secondary N) is 1. The Labute approximate surface area is 149 Å². The van der Waals surface area contributed by atoms with E-state index in [4.69, 9.17) is 12.2 Å². The summed E-state index contributed by atoms with van der Waals surface area (Å²) < 4.78 is 0.815. The Balaban J connectivity index is 2.03. The maximum absolute atomic E-state index is 5.46. The van der Waals surface area contributed by atoms with Gasteiger partial charge in [0.1, 0.15) is 10.7 Å². The molecule has 0 aliphatic heterocycles. The second kappa shape index (κ2) is 8.60. The van der Waals surface area contributed by atoms with Crippen LogP contribution in [0.15, 0.2) is 40.1 Å². The van der Waals surface area contributed by atoms with Crippen molar-refractivity contribution in [3.63, 3.8) is 0 Å². The van der Waals surface area contributed by atoms with E-state index in [1.807, 2.05) is 0 Å². The Kier molecular flexibility index (Phi) is 6.79. The first-order valence-corrected chi connectivity index (χ1v) is 9.28. The molecule has 0 bridgehead atoms. The number of aromatic nitrogens is 2. The van der Waals surface area contributed by atoms with Crippen LogP contribution in [-0.4, -0.2) is 20.7 Å². The molecule has 22 heavy (non-hydrogen) atoms. The van der Waals surface area contributed by atoms with Crippen molar-refractivity contribution in [2.45, 2.75) is 32.0 Å². The zero-order valence-corrected chi connectivity index (χ0v) is 15.8. The van der Waals surface area contributed by atoms with Crippen LogP contribution in [0.2, 0.25) is 0 Å². The molecule has 1 N–H and O–H groups in total. The zero-order valence-electron chi connectivity index (χ0n) is 12.6. The molecule has 0 fully saturated rings. The Morgan fingerprint density at radius 1 is 1.32 bits per heavy atom. The number of halogens is 1.